The number of anilines is 2. The smallest absolute Gasteiger partial charge is 0.429 e. The van der Waals surface area contributed by atoms with Crippen molar-refractivity contribution in [1.29, 1.82) is 0 Å². The first kappa shape index (κ1) is 40.7. The predicted molar refractivity (Wildman–Crippen MR) is 196 cm³/mol. The highest BCUT2D eigenvalue weighted by Crippen LogP contribution is 2.32. The zero-order chi connectivity index (χ0) is 38.4. The molecule has 0 aliphatic rings. The van der Waals surface area contributed by atoms with Crippen LogP contribution in [-0.4, -0.2) is 32.5 Å². The normalized spacial score (nSPS) is 11.3. The Hall–Kier alpha value is -4.72. The summed E-state index contributed by atoms with van der Waals surface area (Å²) in [5.74, 6) is 5.14. The van der Waals surface area contributed by atoms with Gasteiger partial charge < -0.3 is 18.6 Å². The maximum absolute atomic E-state index is 13.3. The molecule has 0 bridgehead atoms. The maximum atomic E-state index is 13.3. The summed E-state index contributed by atoms with van der Waals surface area (Å²) in [6, 6.07) is 13.8. The molecular formula is C36H41Cl2F2N5O6. The third-order valence-electron chi connectivity index (χ3n) is 6.82. The Morgan fingerprint density at radius 1 is 0.745 bits per heavy atom. The molecule has 11 nitrogen and oxygen atoms in total. The summed E-state index contributed by atoms with van der Waals surface area (Å²) < 4.78 is 39.9. The molecule has 274 valence electrons. The summed E-state index contributed by atoms with van der Waals surface area (Å²) in [6.07, 6.45) is -1.48. The largest absolute Gasteiger partial charge is 0.444 e. The van der Waals surface area contributed by atoms with Crippen molar-refractivity contribution in [1.82, 2.24) is 9.13 Å². The number of benzene rings is 2. The molecule has 0 aliphatic heterocycles. The number of carbonyl (C=O) groups excluding carboxylic acids is 2. The van der Waals surface area contributed by atoms with E-state index < -0.39 is 46.1 Å². The van der Waals surface area contributed by atoms with E-state index in [1.807, 2.05) is 0 Å². The summed E-state index contributed by atoms with van der Waals surface area (Å²) >= 11 is 12.1. The predicted octanol–water partition coefficient (Wildman–Crippen LogP) is 8.62. The van der Waals surface area contributed by atoms with Gasteiger partial charge in [0.05, 0.1) is 22.8 Å². The number of ether oxygens (including phenoxy) is 2. The lowest BCUT2D eigenvalue weighted by atomic mass is 10.1. The van der Waals surface area contributed by atoms with Crippen molar-refractivity contribution in [3.63, 3.8) is 0 Å². The molecule has 2 amide bonds. The number of halogens is 4. The standard InChI is InChI=1S/C18H21ClFN3O3.C18H20ClFN2O3/c1-5-22-15(11-6-8-12(20)9-7-11)14(10-13(19)16(22)24)23(21)17(25)26-18(2,3)4;1-5-22-15(11-6-8-12(20)9-7-11)14(10-13(19)16(22)23)21-17(24)25-18(2,3)4/h6-10H,5,21H2,1-4H3;6-10H,5H2,1-4H3,(H,21,24). The summed E-state index contributed by atoms with van der Waals surface area (Å²) in [7, 11) is 0. The number of hydrazine groups is 1. The fraction of sp³-hybridized carbons (Fsp3) is 0.333. The van der Waals surface area contributed by atoms with Gasteiger partial charge in [-0.1, -0.05) is 23.2 Å². The highest BCUT2D eigenvalue weighted by molar-refractivity contribution is 6.31. The third-order valence-corrected chi connectivity index (χ3v) is 7.37. The van der Waals surface area contributed by atoms with Crippen LogP contribution in [-0.2, 0) is 22.6 Å². The zero-order valence-corrected chi connectivity index (χ0v) is 31.1. The second kappa shape index (κ2) is 16.5. The number of amides is 2. The van der Waals surface area contributed by atoms with Crippen LogP contribution in [0.25, 0.3) is 22.5 Å². The Bertz CT molecular complexity index is 2000. The van der Waals surface area contributed by atoms with Crippen molar-refractivity contribution in [3.8, 4) is 22.5 Å². The molecule has 0 aliphatic carbocycles. The molecule has 2 aromatic carbocycles. The molecule has 0 atom stereocenters. The minimum Gasteiger partial charge on any atom is -0.444 e. The van der Waals surface area contributed by atoms with Gasteiger partial charge in [-0.25, -0.2) is 29.2 Å². The Morgan fingerprint density at radius 2 is 1.16 bits per heavy atom. The molecule has 2 aromatic heterocycles. The zero-order valence-electron chi connectivity index (χ0n) is 29.6. The topological polar surface area (TPSA) is 138 Å². The van der Waals surface area contributed by atoms with Gasteiger partial charge in [0.15, 0.2) is 0 Å². The van der Waals surface area contributed by atoms with Crippen LogP contribution in [0.5, 0.6) is 0 Å². The van der Waals surface area contributed by atoms with Crippen LogP contribution in [0.15, 0.2) is 70.3 Å². The molecule has 4 aromatic rings. The Morgan fingerprint density at radius 3 is 1.59 bits per heavy atom. The molecule has 0 radical (unpaired) electrons. The van der Waals surface area contributed by atoms with Gasteiger partial charge in [0.1, 0.15) is 32.9 Å². The molecule has 0 unspecified atom stereocenters. The number of nitrogens with zero attached hydrogens (tertiary/aromatic N) is 3. The van der Waals surface area contributed by atoms with Gasteiger partial charge in [0.25, 0.3) is 11.1 Å². The molecule has 15 heteroatoms. The average molecular weight is 749 g/mol. The van der Waals surface area contributed by atoms with Crippen LogP contribution >= 0.6 is 23.2 Å². The van der Waals surface area contributed by atoms with Crippen molar-refractivity contribution < 1.29 is 27.8 Å². The van der Waals surface area contributed by atoms with Gasteiger partial charge in [-0.15, -0.1) is 0 Å². The number of pyridine rings is 2. The Labute approximate surface area is 304 Å². The van der Waals surface area contributed by atoms with Crippen LogP contribution in [0.3, 0.4) is 0 Å². The van der Waals surface area contributed by atoms with E-state index >= 15 is 0 Å². The summed E-state index contributed by atoms with van der Waals surface area (Å²) in [6.45, 7) is 14.5. The number of carbonyl (C=O) groups is 2. The van der Waals surface area contributed by atoms with Gasteiger partial charge in [-0.3, -0.25) is 14.9 Å². The molecule has 0 spiro atoms. The highest BCUT2D eigenvalue weighted by Gasteiger charge is 2.26. The van der Waals surface area contributed by atoms with Gasteiger partial charge in [0, 0.05) is 24.2 Å². The number of rotatable bonds is 6. The number of nitrogens with one attached hydrogen (secondary N) is 1. The SMILES string of the molecule is CCn1c(-c2ccc(F)cc2)c(N(N)C(=O)OC(C)(C)C)cc(Cl)c1=O.CCn1c(-c2ccc(F)cc2)c(NC(=O)OC(C)(C)C)cc(Cl)c1=O. The minimum atomic E-state index is -0.807. The monoisotopic (exact) mass is 747 g/mol. The number of hydrogen-bond acceptors (Lipinski definition) is 7. The van der Waals surface area contributed by atoms with Gasteiger partial charge in [-0.2, -0.15) is 0 Å². The third kappa shape index (κ3) is 10.6. The van der Waals surface area contributed by atoms with E-state index in [0.717, 1.165) is 5.01 Å². The lowest BCUT2D eigenvalue weighted by molar-refractivity contribution is 0.0578. The fourth-order valence-corrected chi connectivity index (χ4v) is 5.20. The molecule has 2 heterocycles. The van der Waals surface area contributed by atoms with Crippen molar-refractivity contribution in [2.75, 3.05) is 10.3 Å². The molecular weight excluding hydrogens is 707 g/mol. The summed E-state index contributed by atoms with van der Waals surface area (Å²) in [5.41, 5.74) is 0.0893. The van der Waals surface area contributed by atoms with E-state index in [9.17, 15) is 28.0 Å². The number of aromatic nitrogens is 2. The Kier molecular flexibility index (Phi) is 13.2. The van der Waals surface area contributed by atoms with Crippen molar-refractivity contribution >= 4 is 46.8 Å². The van der Waals surface area contributed by atoms with E-state index in [1.165, 1.54) is 69.8 Å². The number of hydrogen-bond donors (Lipinski definition) is 2. The average Bonchev–Trinajstić information content (AvgIpc) is 3.03. The molecule has 0 saturated heterocycles. The van der Waals surface area contributed by atoms with Crippen molar-refractivity contribution in [2.45, 2.75) is 79.7 Å². The molecule has 0 saturated carbocycles. The van der Waals surface area contributed by atoms with E-state index in [-0.39, 0.29) is 22.3 Å². The quantitative estimate of drug-likeness (QED) is 0.114. The molecule has 4 rings (SSSR count). The summed E-state index contributed by atoms with van der Waals surface area (Å²) in [5, 5.41) is 3.30. The second-order valence-corrected chi connectivity index (χ2v) is 13.9. The Balaban J connectivity index is 0.000000276. The first-order valence-electron chi connectivity index (χ1n) is 15.8. The van der Waals surface area contributed by atoms with E-state index in [1.54, 1.807) is 55.4 Å². The van der Waals surface area contributed by atoms with Crippen LogP contribution in [0, 0.1) is 11.6 Å². The maximum Gasteiger partial charge on any atom is 0.429 e. The number of nitrogens with two attached hydrogens (primary N) is 1. The summed E-state index contributed by atoms with van der Waals surface area (Å²) in [4.78, 5) is 49.3. The van der Waals surface area contributed by atoms with Crippen molar-refractivity contribution in [2.24, 2.45) is 5.84 Å². The van der Waals surface area contributed by atoms with E-state index in [2.05, 4.69) is 5.32 Å². The first-order valence-corrected chi connectivity index (χ1v) is 16.6. The van der Waals surface area contributed by atoms with Crippen LogP contribution in [0.2, 0.25) is 10.0 Å². The van der Waals surface area contributed by atoms with Crippen molar-refractivity contribution in [3.05, 3.63) is 103 Å². The second-order valence-electron chi connectivity index (χ2n) is 13.1. The highest BCUT2D eigenvalue weighted by atomic mass is 35.5. The van der Waals surface area contributed by atoms with Gasteiger partial charge >= 0.3 is 12.2 Å². The van der Waals surface area contributed by atoms with Gasteiger partial charge in [-0.05, 0) is 116 Å². The van der Waals surface area contributed by atoms with Crippen LogP contribution in [0.1, 0.15) is 55.4 Å². The molecule has 51 heavy (non-hydrogen) atoms. The minimum absolute atomic E-state index is 0.0289. The fourth-order valence-electron chi connectivity index (χ4n) is 4.79. The molecule has 0 fully saturated rings. The van der Waals surface area contributed by atoms with E-state index in [0.29, 0.717) is 34.7 Å². The van der Waals surface area contributed by atoms with Crippen LogP contribution < -0.4 is 27.3 Å². The lowest BCUT2D eigenvalue weighted by Crippen LogP contribution is -2.42. The lowest BCUT2D eigenvalue weighted by Gasteiger charge is -2.26. The van der Waals surface area contributed by atoms with Crippen LogP contribution in [0.4, 0.5) is 29.7 Å². The van der Waals surface area contributed by atoms with Gasteiger partial charge in [0.2, 0.25) is 0 Å². The van der Waals surface area contributed by atoms with E-state index in [4.69, 9.17) is 38.5 Å². The first-order chi connectivity index (χ1) is 23.7. The molecule has 3 N–H and O–H groups in total.